The lowest BCUT2D eigenvalue weighted by molar-refractivity contribution is -0.119. The summed E-state index contributed by atoms with van der Waals surface area (Å²) >= 11 is 0. The van der Waals surface area contributed by atoms with Gasteiger partial charge in [-0.2, -0.15) is 0 Å². The highest BCUT2D eigenvalue weighted by Gasteiger charge is 2.58. The molecular weight excluding hydrogens is 298 g/mol. The second-order valence-electron chi connectivity index (χ2n) is 6.73. The lowest BCUT2D eigenvalue weighted by atomic mass is 9.73. The zero-order valence-electron chi connectivity index (χ0n) is 13.8. The van der Waals surface area contributed by atoms with Gasteiger partial charge in [-0.25, -0.2) is 0 Å². The van der Waals surface area contributed by atoms with Crippen LogP contribution >= 0.6 is 0 Å². The first kappa shape index (κ1) is 15.2. The predicted octanol–water partition coefficient (Wildman–Crippen LogP) is 3.22. The molecule has 3 nitrogen and oxygen atoms in total. The molecule has 2 aliphatic rings. The van der Waals surface area contributed by atoms with Gasteiger partial charge in [0.25, 0.3) is 0 Å². The molecule has 1 aliphatic carbocycles. The van der Waals surface area contributed by atoms with Crippen molar-refractivity contribution in [1.82, 2.24) is 0 Å². The van der Waals surface area contributed by atoms with Crippen molar-refractivity contribution >= 4 is 11.5 Å². The molecule has 0 saturated carbocycles. The van der Waals surface area contributed by atoms with Gasteiger partial charge in [-0.05, 0) is 42.2 Å². The summed E-state index contributed by atoms with van der Waals surface area (Å²) < 4.78 is 0. The van der Waals surface area contributed by atoms with Crippen LogP contribution in [0.4, 0.5) is 5.69 Å². The summed E-state index contributed by atoms with van der Waals surface area (Å²) in [5.41, 5.74) is 3.84. The van der Waals surface area contributed by atoms with Gasteiger partial charge < -0.3 is 10.0 Å². The fourth-order valence-electron chi connectivity index (χ4n) is 4.50. The number of hydrogen-bond acceptors (Lipinski definition) is 3. The standard InChI is InChI=1S/C21H21NO2/c1-15-13-19(24)21(11-12-23)17-9-5-6-10-18(17)22(20(15)21)14-16-7-3-2-4-8-16/h2-10,13,20,23H,11-12,14H2,1H3/t20-,21+/m0/s1. The molecule has 1 N–H and O–H groups in total. The summed E-state index contributed by atoms with van der Waals surface area (Å²) in [6.45, 7) is 2.80. The van der Waals surface area contributed by atoms with Gasteiger partial charge in [-0.15, -0.1) is 0 Å². The third-order valence-corrected chi connectivity index (χ3v) is 5.40. The Hall–Kier alpha value is -2.39. The normalized spacial score (nSPS) is 24.8. The molecule has 122 valence electrons. The van der Waals surface area contributed by atoms with Crippen molar-refractivity contribution in [3.8, 4) is 0 Å². The first-order valence-corrected chi connectivity index (χ1v) is 8.42. The molecule has 2 atom stereocenters. The lowest BCUT2D eigenvalue weighted by Crippen LogP contribution is -2.46. The third-order valence-electron chi connectivity index (χ3n) is 5.40. The van der Waals surface area contributed by atoms with Gasteiger partial charge in [-0.1, -0.05) is 48.5 Å². The monoisotopic (exact) mass is 319 g/mol. The van der Waals surface area contributed by atoms with Gasteiger partial charge in [-0.3, -0.25) is 4.79 Å². The van der Waals surface area contributed by atoms with E-state index in [9.17, 15) is 9.90 Å². The highest BCUT2D eigenvalue weighted by atomic mass is 16.3. The van der Waals surface area contributed by atoms with E-state index in [0.29, 0.717) is 6.42 Å². The van der Waals surface area contributed by atoms with Crippen molar-refractivity contribution in [3.63, 3.8) is 0 Å². The summed E-state index contributed by atoms with van der Waals surface area (Å²) in [6.07, 6.45) is 2.24. The number of allylic oxidation sites excluding steroid dienone is 1. The summed E-state index contributed by atoms with van der Waals surface area (Å²) in [6, 6.07) is 18.5. The van der Waals surface area contributed by atoms with Gasteiger partial charge >= 0.3 is 0 Å². The lowest BCUT2D eigenvalue weighted by Gasteiger charge is -2.34. The number of ketones is 1. The maximum atomic E-state index is 12.9. The van der Waals surface area contributed by atoms with Crippen LogP contribution < -0.4 is 4.90 Å². The van der Waals surface area contributed by atoms with Crippen molar-refractivity contribution in [2.75, 3.05) is 11.5 Å². The molecule has 24 heavy (non-hydrogen) atoms. The molecule has 0 unspecified atom stereocenters. The summed E-state index contributed by atoms with van der Waals surface area (Å²) in [5, 5.41) is 9.68. The highest BCUT2D eigenvalue weighted by molar-refractivity contribution is 6.07. The quantitative estimate of drug-likeness (QED) is 0.940. The Balaban J connectivity index is 1.86. The number of fused-ring (bicyclic) bond motifs is 3. The van der Waals surface area contributed by atoms with E-state index in [0.717, 1.165) is 23.4 Å². The summed E-state index contributed by atoms with van der Waals surface area (Å²) in [4.78, 5) is 15.3. The average molecular weight is 319 g/mol. The molecule has 0 spiro atoms. The fraction of sp³-hybridized carbons (Fsp3) is 0.286. The van der Waals surface area contributed by atoms with Crippen LogP contribution in [0.2, 0.25) is 0 Å². The molecular formula is C21H21NO2. The number of aliphatic hydroxyl groups excluding tert-OH is 1. The Morgan fingerprint density at radius 2 is 1.79 bits per heavy atom. The topological polar surface area (TPSA) is 40.5 Å². The molecule has 0 saturated heterocycles. The number of rotatable bonds is 4. The van der Waals surface area contributed by atoms with Gasteiger partial charge in [0.1, 0.15) is 0 Å². The van der Waals surface area contributed by atoms with Crippen molar-refractivity contribution < 1.29 is 9.90 Å². The van der Waals surface area contributed by atoms with E-state index in [4.69, 9.17) is 0 Å². The van der Waals surface area contributed by atoms with E-state index in [1.807, 2.05) is 43.3 Å². The predicted molar refractivity (Wildman–Crippen MR) is 95.0 cm³/mol. The molecule has 2 aromatic carbocycles. The van der Waals surface area contributed by atoms with Crippen LogP contribution in [0, 0.1) is 0 Å². The number of carbonyl (C=O) groups excluding carboxylic acids is 1. The molecule has 1 aliphatic heterocycles. The Morgan fingerprint density at radius 1 is 1.08 bits per heavy atom. The first-order chi connectivity index (χ1) is 11.7. The molecule has 2 aromatic rings. The number of carbonyl (C=O) groups is 1. The van der Waals surface area contributed by atoms with E-state index in [2.05, 4.69) is 23.1 Å². The zero-order valence-corrected chi connectivity index (χ0v) is 13.8. The molecule has 1 heterocycles. The van der Waals surface area contributed by atoms with Crippen LogP contribution in [0.5, 0.6) is 0 Å². The number of nitrogens with zero attached hydrogens (tertiary/aromatic N) is 1. The van der Waals surface area contributed by atoms with Gasteiger partial charge in [0.15, 0.2) is 5.78 Å². The molecule has 0 bridgehead atoms. The largest absolute Gasteiger partial charge is 0.396 e. The highest BCUT2D eigenvalue weighted by Crippen LogP contribution is 2.53. The van der Waals surface area contributed by atoms with E-state index in [1.165, 1.54) is 5.56 Å². The molecule has 4 rings (SSSR count). The zero-order chi connectivity index (χ0) is 16.7. The second kappa shape index (κ2) is 5.60. The van der Waals surface area contributed by atoms with E-state index in [1.54, 1.807) is 6.08 Å². The maximum Gasteiger partial charge on any atom is 0.168 e. The first-order valence-electron chi connectivity index (χ1n) is 8.42. The Morgan fingerprint density at radius 3 is 2.54 bits per heavy atom. The minimum atomic E-state index is -0.635. The van der Waals surface area contributed by atoms with Crippen LogP contribution in [0.15, 0.2) is 66.2 Å². The van der Waals surface area contributed by atoms with Crippen molar-refractivity contribution in [2.24, 2.45) is 0 Å². The summed E-state index contributed by atoms with van der Waals surface area (Å²) in [7, 11) is 0. The third kappa shape index (κ3) is 1.98. The molecule has 3 heteroatoms. The van der Waals surface area contributed by atoms with Crippen LogP contribution in [0.25, 0.3) is 0 Å². The van der Waals surface area contributed by atoms with Crippen LogP contribution in [-0.2, 0) is 16.8 Å². The number of para-hydroxylation sites is 1. The molecule has 0 amide bonds. The van der Waals surface area contributed by atoms with E-state index in [-0.39, 0.29) is 18.4 Å². The Bertz CT molecular complexity index is 812. The number of aliphatic hydroxyl groups is 1. The van der Waals surface area contributed by atoms with Crippen LogP contribution in [0.3, 0.4) is 0 Å². The van der Waals surface area contributed by atoms with Crippen molar-refractivity contribution in [1.29, 1.82) is 0 Å². The molecule has 0 fully saturated rings. The van der Waals surface area contributed by atoms with Gasteiger partial charge in [0.2, 0.25) is 0 Å². The van der Waals surface area contributed by atoms with Crippen molar-refractivity contribution in [3.05, 3.63) is 77.4 Å². The average Bonchev–Trinajstić information content (AvgIpc) is 3.01. The molecule has 0 radical (unpaired) electrons. The minimum Gasteiger partial charge on any atom is -0.396 e. The Labute approximate surface area is 142 Å². The van der Waals surface area contributed by atoms with E-state index < -0.39 is 5.41 Å². The summed E-state index contributed by atoms with van der Waals surface area (Å²) in [5.74, 6) is 0.127. The number of benzene rings is 2. The minimum absolute atomic E-state index is 0.00486. The van der Waals surface area contributed by atoms with Crippen LogP contribution in [0.1, 0.15) is 24.5 Å². The molecule has 0 aromatic heterocycles. The fourth-order valence-corrected chi connectivity index (χ4v) is 4.50. The number of anilines is 1. The van der Waals surface area contributed by atoms with Crippen LogP contribution in [-0.4, -0.2) is 23.5 Å². The number of hydrogen-bond donors (Lipinski definition) is 1. The second-order valence-corrected chi connectivity index (χ2v) is 6.73. The maximum absolute atomic E-state index is 12.9. The Kier molecular flexibility index (Phi) is 3.54. The van der Waals surface area contributed by atoms with Gasteiger partial charge in [0, 0.05) is 18.8 Å². The van der Waals surface area contributed by atoms with Crippen molar-refractivity contribution in [2.45, 2.75) is 31.3 Å². The SMILES string of the molecule is CC1=CC(=O)[C@@]2(CCO)c3ccccc3N(Cc3ccccc3)[C@@H]12. The van der Waals surface area contributed by atoms with E-state index >= 15 is 0 Å². The van der Waals surface area contributed by atoms with Gasteiger partial charge in [0.05, 0.1) is 11.5 Å². The smallest absolute Gasteiger partial charge is 0.168 e.